The predicted octanol–water partition coefficient (Wildman–Crippen LogP) is 2.78. The number of pyridine rings is 2. The maximum atomic E-state index is 12.9. The summed E-state index contributed by atoms with van der Waals surface area (Å²) in [5.41, 5.74) is 3.14. The Morgan fingerprint density at radius 2 is 2.12 bits per heavy atom. The molecule has 0 bridgehead atoms. The maximum absolute atomic E-state index is 12.9. The number of aromatic nitrogens is 2. The van der Waals surface area contributed by atoms with Crippen molar-refractivity contribution in [3.63, 3.8) is 0 Å². The molecule has 1 saturated heterocycles. The van der Waals surface area contributed by atoms with Gasteiger partial charge < -0.3 is 10.6 Å². The number of carbonyl (C=O) groups is 1. The van der Waals surface area contributed by atoms with Crippen LogP contribution in [0, 0.1) is 0 Å². The van der Waals surface area contributed by atoms with Gasteiger partial charge in [0.15, 0.2) is 0 Å². The van der Waals surface area contributed by atoms with Crippen molar-refractivity contribution in [1.82, 2.24) is 20.6 Å². The molecule has 1 aliphatic rings. The molecule has 25 heavy (non-hydrogen) atoms. The van der Waals surface area contributed by atoms with Crippen molar-refractivity contribution in [2.45, 2.75) is 18.9 Å². The molecule has 1 amide bonds. The second-order valence-corrected chi connectivity index (χ2v) is 6.33. The molecule has 2 aromatic heterocycles. The monoisotopic (exact) mass is 332 g/mol. The van der Waals surface area contributed by atoms with Crippen molar-refractivity contribution < 1.29 is 4.79 Å². The first kappa shape index (κ1) is 15.7. The molecule has 126 valence electrons. The van der Waals surface area contributed by atoms with Gasteiger partial charge in [-0.2, -0.15) is 0 Å². The Bertz CT molecular complexity index is 889. The van der Waals surface area contributed by atoms with Crippen molar-refractivity contribution in [2.24, 2.45) is 0 Å². The van der Waals surface area contributed by atoms with Gasteiger partial charge in [0.2, 0.25) is 0 Å². The van der Waals surface area contributed by atoms with E-state index >= 15 is 0 Å². The topological polar surface area (TPSA) is 66.9 Å². The molecule has 4 rings (SSSR count). The third kappa shape index (κ3) is 3.37. The van der Waals surface area contributed by atoms with Crippen LogP contribution in [0.15, 0.2) is 54.9 Å². The number of fused-ring (bicyclic) bond motifs is 1. The van der Waals surface area contributed by atoms with E-state index < -0.39 is 0 Å². The van der Waals surface area contributed by atoms with Gasteiger partial charge >= 0.3 is 0 Å². The largest absolute Gasteiger partial charge is 0.348 e. The van der Waals surface area contributed by atoms with Crippen LogP contribution in [0.2, 0.25) is 0 Å². The van der Waals surface area contributed by atoms with Gasteiger partial charge in [0.25, 0.3) is 5.91 Å². The lowest BCUT2D eigenvalue weighted by molar-refractivity contribution is 0.0932. The van der Waals surface area contributed by atoms with E-state index in [0.717, 1.165) is 48.1 Å². The number of para-hydroxylation sites is 1. The van der Waals surface area contributed by atoms with Gasteiger partial charge in [-0.15, -0.1) is 0 Å². The third-order valence-corrected chi connectivity index (χ3v) is 4.55. The number of amides is 1. The summed E-state index contributed by atoms with van der Waals surface area (Å²) < 4.78 is 0. The standard InChI is InChI=1S/C20H20N4O/c25-20(23-15-6-4-10-22-13-15)17-11-19(14-5-3-9-21-12-14)24-18-8-2-1-7-16(17)18/h1-3,5,7-9,11-12,15,22H,4,6,10,13H2,(H,23,25)/t15-/m0/s1. The molecule has 5 nitrogen and oxygen atoms in total. The first-order chi connectivity index (χ1) is 12.3. The fourth-order valence-electron chi connectivity index (χ4n) is 3.26. The molecule has 2 N–H and O–H groups in total. The quantitative estimate of drug-likeness (QED) is 0.774. The van der Waals surface area contributed by atoms with E-state index in [4.69, 9.17) is 4.98 Å². The zero-order valence-corrected chi connectivity index (χ0v) is 13.9. The van der Waals surface area contributed by atoms with Crippen molar-refractivity contribution >= 4 is 16.8 Å². The van der Waals surface area contributed by atoms with Crippen molar-refractivity contribution in [1.29, 1.82) is 0 Å². The smallest absolute Gasteiger partial charge is 0.252 e. The molecule has 0 saturated carbocycles. The van der Waals surface area contributed by atoms with E-state index in [1.807, 2.05) is 42.5 Å². The Morgan fingerprint density at radius 3 is 2.92 bits per heavy atom. The van der Waals surface area contributed by atoms with Crippen molar-refractivity contribution in [3.05, 3.63) is 60.4 Å². The molecular formula is C20H20N4O. The van der Waals surface area contributed by atoms with Gasteiger partial charge in [0.1, 0.15) is 0 Å². The van der Waals surface area contributed by atoms with E-state index in [2.05, 4.69) is 15.6 Å². The minimum Gasteiger partial charge on any atom is -0.348 e. The third-order valence-electron chi connectivity index (χ3n) is 4.55. The number of carbonyl (C=O) groups excluding carboxylic acids is 1. The first-order valence-electron chi connectivity index (χ1n) is 8.63. The number of nitrogens with zero attached hydrogens (tertiary/aromatic N) is 2. The molecule has 0 unspecified atom stereocenters. The summed E-state index contributed by atoms with van der Waals surface area (Å²) >= 11 is 0. The summed E-state index contributed by atoms with van der Waals surface area (Å²) in [5.74, 6) is -0.0440. The second-order valence-electron chi connectivity index (χ2n) is 6.33. The number of piperidine rings is 1. The molecule has 0 radical (unpaired) electrons. The van der Waals surface area contributed by atoms with Crippen LogP contribution in [0.1, 0.15) is 23.2 Å². The Kier molecular flexibility index (Phi) is 4.39. The molecule has 1 aliphatic heterocycles. The zero-order valence-electron chi connectivity index (χ0n) is 13.9. The molecule has 3 aromatic rings. The molecular weight excluding hydrogens is 312 g/mol. The average molecular weight is 332 g/mol. The van der Waals surface area contributed by atoms with Crippen LogP contribution in [-0.2, 0) is 0 Å². The summed E-state index contributed by atoms with van der Waals surface area (Å²) in [6.45, 7) is 1.85. The second kappa shape index (κ2) is 6.99. The SMILES string of the molecule is O=C(N[C@H]1CCCNC1)c1cc(-c2cccnc2)nc2ccccc12. The molecule has 0 spiro atoms. The number of benzene rings is 1. The highest BCUT2D eigenvalue weighted by atomic mass is 16.1. The molecule has 1 aromatic carbocycles. The van der Waals surface area contributed by atoms with Crippen LogP contribution in [0.25, 0.3) is 22.2 Å². The normalized spacial score (nSPS) is 17.4. The number of hydrogen-bond acceptors (Lipinski definition) is 4. The fraction of sp³-hybridized carbons (Fsp3) is 0.250. The van der Waals surface area contributed by atoms with Crippen LogP contribution < -0.4 is 10.6 Å². The number of hydrogen-bond donors (Lipinski definition) is 2. The Balaban J connectivity index is 1.74. The maximum Gasteiger partial charge on any atom is 0.252 e. The summed E-state index contributed by atoms with van der Waals surface area (Å²) in [6, 6.07) is 13.6. The highest BCUT2D eigenvalue weighted by Gasteiger charge is 2.19. The molecule has 1 atom stereocenters. The van der Waals surface area contributed by atoms with Gasteiger partial charge in [0, 0.05) is 35.9 Å². The van der Waals surface area contributed by atoms with Crippen LogP contribution in [0.3, 0.4) is 0 Å². The molecule has 5 heteroatoms. The minimum absolute atomic E-state index is 0.0440. The average Bonchev–Trinajstić information content (AvgIpc) is 2.68. The summed E-state index contributed by atoms with van der Waals surface area (Å²) in [4.78, 5) is 21.8. The van der Waals surface area contributed by atoms with Gasteiger partial charge in [-0.05, 0) is 43.7 Å². The van der Waals surface area contributed by atoms with E-state index in [-0.39, 0.29) is 11.9 Å². The number of rotatable bonds is 3. The Hall–Kier alpha value is -2.79. The molecule has 1 fully saturated rings. The van der Waals surface area contributed by atoms with Gasteiger partial charge in [-0.3, -0.25) is 9.78 Å². The van der Waals surface area contributed by atoms with E-state index in [0.29, 0.717) is 5.56 Å². The summed E-state index contributed by atoms with van der Waals surface area (Å²) in [7, 11) is 0. The lowest BCUT2D eigenvalue weighted by Crippen LogP contribution is -2.45. The van der Waals surface area contributed by atoms with Gasteiger partial charge in [0.05, 0.1) is 16.8 Å². The lowest BCUT2D eigenvalue weighted by atomic mass is 10.0. The fourth-order valence-corrected chi connectivity index (χ4v) is 3.26. The van der Waals surface area contributed by atoms with Crippen LogP contribution in [0.5, 0.6) is 0 Å². The van der Waals surface area contributed by atoms with Crippen molar-refractivity contribution in [2.75, 3.05) is 13.1 Å². The zero-order chi connectivity index (χ0) is 17.1. The Morgan fingerprint density at radius 1 is 1.20 bits per heavy atom. The van der Waals surface area contributed by atoms with E-state index in [1.54, 1.807) is 12.4 Å². The summed E-state index contributed by atoms with van der Waals surface area (Å²) in [5, 5.41) is 7.36. The molecule has 3 heterocycles. The first-order valence-corrected chi connectivity index (χ1v) is 8.63. The minimum atomic E-state index is -0.0440. The van der Waals surface area contributed by atoms with Gasteiger partial charge in [-0.25, -0.2) is 4.98 Å². The molecule has 0 aliphatic carbocycles. The Labute approximate surface area is 146 Å². The van der Waals surface area contributed by atoms with E-state index in [9.17, 15) is 4.79 Å². The lowest BCUT2D eigenvalue weighted by Gasteiger charge is -2.24. The summed E-state index contributed by atoms with van der Waals surface area (Å²) in [6.07, 6.45) is 5.60. The van der Waals surface area contributed by atoms with Gasteiger partial charge in [-0.1, -0.05) is 18.2 Å². The van der Waals surface area contributed by atoms with Crippen LogP contribution in [-0.4, -0.2) is 35.0 Å². The highest BCUT2D eigenvalue weighted by Crippen LogP contribution is 2.24. The predicted molar refractivity (Wildman–Crippen MR) is 98.3 cm³/mol. The number of nitrogens with one attached hydrogen (secondary N) is 2. The van der Waals surface area contributed by atoms with Crippen molar-refractivity contribution in [3.8, 4) is 11.3 Å². The van der Waals surface area contributed by atoms with E-state index in [1.165, 1.54) is 0 Å². The highest BCUT2D eigenvalue weighted by molar-refractivity contribution is 6.07. The van der Waals surface area contributed by atoms with Crippen LogP contribution in [0.4, 0.5) is 0 Å². The van der Waals surface area contributed by atoms with Crippen LogP contribution >= 0.6 is 0 Å².